The zero-order chi connectivity index (χ0) is 20.9. The first kappa shape index (κ1) is 20.2. The number of phenols is 1. The van der Waals surface area contributed by atoms with Crippen molar-refractivity contribution in [2.45, 2.75) is 72.3 Å². The highest BCUT2D eigenvalue weighted by Gasteiger charge is 2.40. The van der Waals surface area contributed by atoms with E-state index in [1.165, 1.54) is 5.56 Å². The minimum atomic E-state index is -0.954. The Morgan fingerprint density at radius 1 is 1.07 bits per heavy atom. The molecule has 0 radical (unpaired) electrons. The average Bonchev–Trinajstić information content (AvgIpc) is 2.58. The molecule has 0 fully saturated rings. The lowest BCUT2D eigenvalue weighted by Crippen LogP contribution is -2.47. The number of hydrogen-bond donors (Lipinski definition) is 2. The Balaban J connectivity index is 1.89. The highest BCUT2D eigenvalue weighted by Crippen LogP contribution is 2.41. The SMILES string of the molecule is Cc1cc(C)c(NC(=O)C2(C)CCc3cc(O)c(C(C)(C)C)cc3O2)cc1C. The second-order valence-electron chi connectivity index (χ2n) is 9.27. The van der Waals surface area contributed by atoms with Crippen LogP contribution in [0.3, 0.4) is 0 Å². The van der Waals surface area contributed by atoms with Crippen LogP contribution in [0.1, 0.15) is 61.9 Å². The molecule has 4 heteroatoms. The fourth-order valence-corrected chi connectivity index (χ4v) is 3.68. The molecule has 1 aliphatic rings. The highest BCUT2D eigenvalue weighted by atomic mass is 16.5. The first-order valence-electron chi connectivity index (χ1n) is 9.85. The monoisotopic (exact) mass is 381 g/mol. The normalized spacial score (nSPS) is 19.0. The van der Waals surface area contributed by atoms with Crippen LogP contribution in [0.5, 0.6) is 11.5 Å². The van der Waals surface area contributed by atoms with Crippen LogP contribution < -0.4 is 10.1 Å². The van der Waals surface area contributed by atoms with Gasteiger partial charge in [-0.05, 0) is 80.0 Å². The smallest absolute Gasteiger partial charge is 0.268 e. The molecule has 2 aromatic rings. The molecule has 0 saturated carbocycles. The van der Waals surface area contributed by atoms with Gasteiger partial charge in [0.15, 0.2) is 5.60 Å². The number of nitrogens with one attached hydrogen (secondary N) is 1. The van der Waals surface area contributed by atoms with Crippen molar-refractivity contribution in [3.63, 3.8) is 0 Å². The summed E-state index contributed by atoms with van der Waals surface area (Å²) in [5.74, 6) is 0.826. The van der Waals surface area contributed by atoms with Gasteiger partial charge < -0.3 is 15.2 Å². The maximum Gasteiger partial charge on any atom is 0.268 e. The molecule has 28 heavy (non-hydrogen) atoms. The second-order valence-corrected chi connectivity index (χ2v) is 9.27. The number of anilines is 1. The van der Waals surface area contributed by atoms with Gasteiger partial charge in [-0.25, -0.2) is 0 Å². The van der Waals surface area contributed by atoms with E-state index >= 15 is 0 Å². The molecule has 0 spiro atoms. The summed E-state index contributed by atoms with van der Waals surface area (Å²) >= 11 is 0. The van der Waals surface area contributed by atoms with E-state index in [1.807, 2.05) is 53.7 Å². The number of hydrogen-bond acceptors (Lipinski definition) is 3. The van der Waals surface area contributed by atoms with Gasteiger partial charge in [0, 0.05) is 17.7 Å². The van der Waals surface area contributed by atoms with E-state index in [0.717, 1.165) is 27.9 Å². The lowest BCUT2D eigenvalue weighted by atomic mass is 9.83. The Kier molecular flexibility index (Phi) is 4.95. The standard InChI is InChI=1S/C24H31NO3/c1-14-10-16(3)19(11-15(14)2)25-22(27)24(7)9-8-17-12-20(26)18(23(4,5)6)13-21(17)28-24/h10-13,26H,8-9H2,1-7H3,(H,25,27). The van der Waals surface area contributed by atoms with Crippen molar-refractivity contribution in [3.8, 4) is 11.5 Å². The Morgan fingerprint density at radius 3 is 2.36 bits per heavy atom. The summed E-state index contributed by atoms with van der Waals surface area (Å²) < 4.78 is 6.21. The number of fused-ring (bicyclic) bond motifs is 1. The van der Waals surface area contributed by atoms with Gasteiger partial charge in [-0.3, -0.25) is 4.79 Å². The minimum Gasteiger partial charge on any atom is -0.508 e. The van der Waals surface area contributed by atoms with E-state index in [0.29, 0.717) is 18.6 Å². The van der Waals surface area contributed by atoms with Crippen molar-refractivity contribution in [3.05, 3.63) is 52.1 Å². The molecule has 0 aromatic heterocycles. The third-order valence-corrected chi connectivity index (χ3v) is 5.76. The first-order valence-corrected chi connectivity index (χ1v) is 9.85. The zero-order valence-electron chi connectivity index (χ0n) is 18.0. The van der Waals surface area contributed by atoms with E-state index in [-0.39, 0.29) is 17.1 Å². The summed E-state index contributed by atoms with van der Waals surface area (Å²) in [4.78, 5) is 13.1. The Labute approximate surface area is 167 Å². The van der Waals surface area contributed by atoms with Gasteiger partial charge in [0.1, 0.15) is 11.5 Å². The van der Waals surface area contributed by atoms with Crippen LogP contribution in [0.15, 0.2) is 24.3 Å². The minimum absolute atomic E-state index is 0.144. The molecule has 150 valence electrons. The molecular weight excluding hydrogens is 350 g/mol. The molecule has 1 unspecified atom stereocenters. The predicted molar refractivity (Wildman–Crippen MR) is 113 cm³/mol. The van der Waals surface area contributed by atoms with E-state index < -0.39 is 5.60 Å². The summed E-state index contributed by atoms with van der Waals surface area (Å²) in [6.07, 6.45) is 1.24. The highest BCUT2D eigenvalue weighted by molar-refractivity contribution is 5.98. The van der Waals surface area contributed by atoms with E-state index in [9.17, 15) is 9.90 Å². The summed E-state index contributed by atoms with van der Waals surface area (Å²) in [6, 6.07) is 7.76. The van der Waals surface area contributed by atoms with Crippen LogP contribution in [0, 0.1) is 20.8 Å². The molecule has 0 saturated heterocycles. The van der Waals surface area contributed by atoms with Crippen LogP contribution in [0.25, 0.3) is 0 Å². The van der Waals surface area contributed by atoms with Crippen molar-refractivity contribution < 1.29 is 14.6 Å². The van der Waals surface area contributed by atoms with E-state index in [4.69, 9.17) is 4.74 Å². The average molecular weight is 382 g/mol. The molecule has 3 rings (SSSR count). The number of aromatic hydroxyl groups is 1. The molecule has 1 aliphatic heterocycles. The quantitative estimate of drug-likeness (QED) is 0.738. The topological polar surface area (TPSA) is 58.6 Å². The number of ether oxygens (including phenoxy) is 1. The number of aryl methyl sites for hydroxylation is 4. The summed E-state index contributed by atoms with van der Waals surface area (Å²) in [7, 11) is 0. The zero-order valence-corrected chi connectivity index (χ0v) is 18.0. The molecule has 1 heterocycles. The van der Waals surface area contributed by atoms with Crippen LogP contribution in [-0.2, 0) is 16.6 Å². The first-order chi connectivity index (χ1) is 12.9. The number of amides is 1. The number of carbonyl (C=O) groups is 1. The lowest BCUT2D eigenvalue weighted by molar-refractivity contribution is -0.131. The molecule has 1 amide bonds. The van der Waals surface area contributed by atoms with Crippen molar-refractivity contribution in [2.24, 2.45) is 0 Å². The second kappa shape index (κ2) is 6.84. The van der Waals surface area contributed by atoms with Gasteiger partial charge in [0.25, 0.3) is 5.91 Å². The predicted octanol–water partition coefficient (Wildman–Crippen LogP) is 5.34. The number of phenolic OH excluding ortho intramolecular Hbond substituents is 1. The third kappa shape index (κ3) is 3.73. The molecule has 1 atom stereocenters. The summed E-state index contributed by atoms with van der Waals surface area (Å²) in [5, 5.41) is 13.4. The maximum absolute atomic E-state index is 13.1. The molecule has 0 aliphatic carbocycles. The summed E-state index contributed by atoms with van der Waals surface area (Å²) in [5.41, 5.74) is 4.81. The molecular formula is C24H31NO3. The Morgan fingerprint density at radius 2 is 1.71 bits per heavy atom. The number of carbonyl (C=O) groups excluding carboxylic acids is 1. The van der Waals surface area contributed by atoms with Crippen LogP contribution in [0.4, 0.5) is 5.69 Å². The van der Waals surface area contributed by atoms with E-state index in [1.54, 1.807) is 6.07 Å². The van der Waals surface area contributed by atoms with Crippen LogP contribution in [-0.4, -0.2) is 16.6 Å². The molecule has 2 aromatic carbocycles. The summed E-state index contributed by atoms with van der Waals surface area (Å²) in [6.45, 7) is 14.1. The fourth-order valence-electron chi connectivity index (χ4n) is 3.68. The largest absolute Gasteiger partial charge is 0.508 e. The van der Waals surface area contributed by atoms with Gasteiger partial charge >= 0.3 is 0 Å². The van der Waals surface area contributed by atoms with Gasteiger partial charge in [0.2, 0.25) is 0 Å². The van der Waals surface area contributed by atoms with Crippen molar-refractivity contribution >= 4 is 11.6 Å². The lowest BCUT2D eigenvalue weighted by Gasteiger charge is -2.35. The van der Waals surface area contributed by atoms with Gasteiger partial charge in [-0.1, -0.05) is 26.8 Å². The number of benzene rings is 2. The van der Waals surface area contributed by atoms with E-state index in [2.05, 4.69) is 18.3 Å². The van der Waals surface area contributed by atoms with Gasteiger partial charge in [-0.15, -0.1) is 0 Å². The molecule has 2 N–H and O–H groups in total. The van der Waals surface area contributed by atoms with Gasteiger partial charge in [-0.2, -0.15) is 0 Å². The third-order valence-electron chi connectivity index (χ3n) is 5.76. The Hall–Kier alpha value is -2.49. The number of rotatable bonds is 2. The molecule has 4 nitrogen and oxygen atoms in total. The van der Waals surface area contributed by atoms with Crippen molar-refractivity contribution in [2.75, 3.05) is 5.32 Å². The van der Waals surface area contributed by atoms with Crippen molar-refractivity contribution in [1.82, 2.24) is 0 Å². The fraction of sp³-hybridized carbons (Fsp3) is 0.458. The van der Waals surface area contributed by atoms with Gasteiger partial charge in [0.05, 0.1) is 0 Å². The molecule has 0 bridgehead atoms. The van der Waals surface area contributed by atoms with Crippen LogP contribution in [0.2, 0.25) is 0 Å². The Bertz CT molecular complexity index is 940. The van der Waals surface area contributed by atoms with Crippen molar-refractivity contribution in [1.29, 1.82) is 0 Å². The maximum atomic E-state index is 13.1. The van der Waals surface area contributed by atoms with Crippen LogP contribution >= 0.6 is 0 Å².